The molecule has 0 heterocycles. The predicted molar refractivity (Wildman–Crippen MR) is 84.7 cm³/mol. The minimum absolute atomic E-state index is 0.0833. The molecule has 0 fully saturated rings. The molecule has 3 amide bonds. The van der Waals surface area contributed by atoms with Crippen LogP contribution in [0.3, 0.4) is 0 Å². The Hall–Kier alpha value is -2.08. The van der Waals surface area contributed by atoms with Gasteiger partial charge in [0.05, 0.1) is 10.6 Å². The molecule has 1 aromatic rings. The number of carbonyl (C=O) groups excluding carboxylic acids is 3. The van der Waals surface area contributed by atoms with Crippen molar-refractivity contribution in [2.75, 3.05) is 13.1 Å². The summed E-state index contributed by atoms with van der Waals surface area (Å²) in [7, 11) is 0. The molecule has 3 N–H and O–H groups in total. The van der Waals surface area contributed by atoms with E-state index < -0.39 is 6.04 Å². The first-order valence-electron chi connectivity index (χ1n) is 7.05. The van der Waals surface area contributed by atoms with Gasteiger partial charge < -0.3 is 16.0 Å². The topological polar surface area (TPSA) is 87.3 Å². The summed E-state index contributed by atoms with van der Waals surface area (Å²) in [5.41, 5.74) is 0.361. The highest BCUT2D eigenvalue weighted by atomic mass is 35.5. The van der Waals surface area contributed by atoms with Crippen LogP contribution in [0.4, 0.5) is 0 Å². The van der Waals surface area contributed by atoms with Crippen molar-refractivity contribution in [1.29, 1.82) is 0 Å². The maximum atomic E-state index is 11.9. The van der Waals surface area contributed by atoms with Crippen molar-refractivity contribution < 1.29 is 14.4 Å². The van der Waals surface area contributed by atoms with Crippen molar-refractivity contribution in [1.82, 2.24) is 16.0 Å². The number of hydrogen-bond donors (Lipinski definition) is 3. The Bertz CT molecular complexity index is 549. The lowest BCUT2D eigenvalue weighted by Crippen LogP contribution is -2.45. The van der Waals surface area contributed by atoms with E-state index in [9.17, 15) is 14.4 Å². The summed E-state index contributed by atoms with van der Waals surface area (Å²) in [6.07, 6.45) is 0.0833. The van der Waals surface area contributed by atoms with Gasteiger partial charge in [-0.3, -0.25) is 14.4 Å². The lowest BCUT2D eigenvalue weighted by atomic mass is 10.2. The fourth-order valence-electron chi connectivity index (χ4n) is 1.74. The van der Waals surface area contributed by atoms with Crippen LogP contribution >= 0.6 is 11.6 Å². The molecule has 0 unspecified atom stereocenters. The second-order valence-electron chi connectivity index (χ2n) is 4.67. The molecule has 1 rings (SSSR count). The zero-order valence-electron chi connectivity index (χ0n) is 12.6. The van der Waals surface area contributed by atoms with Gasteiger partial charge in [-0.2, -0.15) is 0 Å². The maximum absolute atomic E-state index is 11.9. The first kappa shape index (κ1) is 18.0. The number of carbonyl (C=O) groups is 3. The van der Waals surface area contributed by atoms with E-state index in [1.807, 2.05) is 0 Å². The molecule has 0 aliphatic carbocycles. The Morgan fingerprint density at radius 3 is 2.50 bits per heavy atom. The molecule has 0 saturated carbocycles. The maximum Gasteiger partial charge on any atom is 0.252 e. The third kappa shape index (κ3) is 5.73. The van der Waals surface area contributed by atoms with Crippen LogP contribution in [0.15, 0.2) is 24.3 Å². The third-order valence-corrected chi connectivity index (χ3v) is 3.21. The number of halogens is 1. The van der Waals surface area contributed by atoms with Crippen molar-refractivity contribution in [2.24, 2.45) is 0 Å². The molecule has 1 aromatic carbocycles. The summed E-state index contributed by atoms with van der Waals surface area (Å²) in [5, 5.41) is 8.15. The van der Waals surface area contributed by atoms with Gasteiger partial charge in [-0.15, -0.1) is 0 Å². The number of rotatable bonds is 7. The van der Waals surface area contributed by atoms with Gasteiger partial charge in [0.1, 0.15) is 6.04 Å². The van der Waals surface area contributed by atoms with Gasteiger partial charge in [0, 0.05) is 19.5 Å². The van der Waals surface area contributed by atoms with Crippen molar-refractivity contribution in [2.45, 2.75) is 26.3 Å². The van der Waals surface area contributed by atoms with E-state index in [2.05, 4.69) is 16.0 Å². The summed E-state index contributed by atoms with van der Waals surface area (Å²) in [6.45, 7) is 4.08. The normalized spacial score (nSPS) is 11.4. The standard InChI is InChI=1S/C15H20ClN3O3/c1-3-17-14(21)10(2)19-13(20)8-9-18-15(22)11-6-4-5-7-12(11)16/h4-7,10H,3,8-9H2,1-2H3,(H,17,21)(H,18,22)(H,19,20)/t10-/m1/s1. The van der Waals surface area contributed by atoms with Crippen molar-refractivity contribution >= 4 is 29.3 Å². The molecule has 22 heavy (non-hydrogen) atoms. The highest BCUT2D eigenvalue weighted by Gasteiger charge is 2.15. The van der Waals surface area contributed by atoms with Gasteiger partial charge in [0.15, 0.2) is 0 Å². The Morgan fingerprint density at radius 1 is 1.18 bits per heavy atom. The van der Waals surface area contributed by atoms with E-state index in [-0.39, 0.29) is 30.7 Å². The smallest absolute Gasteiger partial charge is 0.252 e. The van der Waals surface area contributed by atoms with Crippen LogP contribution in [0, 0.1) is 0 Å². The molecule has 0 radical (unpaired) electrons. The minimum Gasteiger partial charge on any atom is -0.355 e. The van der Waals surface area contributed by atoms with E-state index >= 15 is 0 Å². The third-order valence-electron chi connectivity index (χ3n) is 2.88. The summed E-state index contributed by atoms with van der Waals surface area (Å²) in [5.74, 6) is -0.885. The van der Waals surface area contributed by atoms with E-state index in [1.54, 1.807) is 38.1 Å². The van der Waals surface area contributed by atoms with Crippen LogP contribution in [0.2, 0.25) is 5.02 Å². The summed E-state index contributed by atoms with van der Waals surface area (Å²) in [4.78, 5) is 35.0. The molecule has 6 nitrogen and oxygen atoms in total. The molecule has 120 valence electrons. The lowest BCUT2D eigenvalue weighted by Gasteiger charge is -2.13. The average Bonchev–Trinajstić information content (AvgIpc) is 2.47. The summed E-state index contributed by atoms with van der Waals surface area (Å²) >= 11 is 5.91. The van der Waals surface area contributed by atoms with Gasteiger partial charge in [0.25, 0.3) is 5.91 Å². The molecule has 0 aliphatic heterocycles. The first-order valence-corrected chi connectivity index (χ1v) is 7.43. The van der Waals surface area contributed by atoms with Gasteiger partial charge in [-0.25, -0.2) is 0 Å². The van der Waals surface area contributed by atoms with Gasteiger partial charge in [-0.05, 0) is 26.0 Å². The number of hydrogen-bond acceptors (Lipinski definition) is 3. The Morgan fingerprint density at radius 2 is 1.86 bits per heavy atom. The number of amides is 3. The van der Waals surface area contributed by atoms with Crippen LogP contribution in [0.5, 0.6) is 0 Å². The van der Waals surface area contributed by atoms with E-state index in [4.69, 9.17) is 11.6 Å². The summed E-state index contributed by atoms with van der Waals surface area (Å²) in [6, 6.07) is 6.06. The SMILES string of the molecule is CCNC(=O)[C@@H](C)NC(=O)CCNC(=O)c1ccccc1Cl. The average molecular weight is 326 g/mol. The monoisotopic (exact) mass is 325 g/mol. The fraction of sp³-hybridized carbons (Fsp3) is 0.400. The van der Waals surface area contributed by atoms with Crippen LogP contribution < -0.4 is 16.0 Å². The van der Waals surface area contributed by atoms with Crippen LogP contribution in [0.1, 0.15) is 30.6 Å². The largest absolute Gasteiger partial charge is 0.355 e. The number of benzene rings is 1. The van der Waals surface area contributed by atoms with Crippen molar-refractivity contribution in [3.8, 4) is 0 Å². The van der Waals surface area contributed by atoms with Gasteiger partial charge >= 0.3 is 0 Å². The highest BCUT2D eigenvalue weighted by molar-refractivity contribution is 6.33. The zero-order chi connectivity index (χ0) is 16.5. The number of likely N-dealkylation sites (N-methyl/N-ethyl adjacent to an activating group) is 1. The molecule has 1 atom stereocenters. The highest BCUT2D eigenvalue weighted by Crippen LogP contribution is 2.14. The molecule has 0 saturated heterocycles. The quantitative estimate of drug-likeness (QED) is 0.701. The first-order chi connectivity index (χ1) is 10.5. The van der Waals surface area contributed by atoms with Crippen LogP contribution in [-0.4, -0.2) is 36.9 Å². The van der Waals surface area contributed by atoms with E-state index in [1.165, 1.54) is 0 Å². The molecule has 0 aromatic heterocycles. The number of nitrogens with one attached hydrogen (secondary N) is 3. The van der Waals surface area contributed by atoms with Crippen LogP contribution in [0.25, 0.3) is 0 Å². The second kappa shape index (κ2) is 9.04. The minimum atomic E-state index is -0.605. The van der Waals surface area contributed by atoms with Crippen LogP contribution in [-0.2, 0) is 9.59 Å². The van der Waals surface area contributed by atoms with Gasteiger partial charge in [0.2, 0.25) is 11.8 Å². The summed E-state index contributed by atoms with van der Waals surface area (Å²) < 4.78 is 0. The predicted octanol–water partition coefficient (Wildman–Crippen LogP) is 1.10. The van der Waals surface area contributed by atoms with Crippen molar-refractivity contribution in [3.63, 3.8) is 0 Å². The fourth-order valence-corrected chi connectivity index (χ4v) is 1.96. The Balaban J connectivity index is 2.35. The molecule has 0 bridgehead atoms. The van der Waals surface area contributed by atoms with E-state index in [0.29, 0.717) is 17.1 Å². The zero-order valence-corrected chi connectivity index (χ0v) is 13.4. The molecule has 0 spiro atoms. The molecular weight excluding hydrogens is 306 g/mol. The van der Waals surface area contributed by atoms with E-state index in [0.717, 1.165) is 0 Å². The Labute approximate surface area is 134 Å². The Kier molecular flexibility index (Phi) is 7.39. The van der Waals surface area contributed by atoms with Gasteiger partial charge in [-0.1, -0.05) is 23.7 Å². The molecule has 7 heteroatoms. The van der Waals surface area contributed by atoms with Crippen molar-refractivity contribution in [3.05, 3.63) is 34.9 Å². The molecular formula is C15H20ClN3O3. The lowest BCUT2D eigenvalue weighted by molar-refractivity contribution is -0.128. The second-order valence-corrected chi connectivity index (χ2v) is 5.08. The molecule has 0 aliphatic rings.